The normalized spacial score (nSPS) is 22.9. The second-order valence-electron chi connectivity index (χ2n) is 4.62. The molecule has 90 valence electrons. The Bertz CT molecular complexity index is 284. The fraction of sp³-hybridized carbons (Fsp3) is 1.00. The summed E-state index contributed by atoms with van der Waals surface area (Å²) in [6, 6.07) is 0. The van der Waals surface area contributed by atoms with Crippen LogP contribution < -0.4 is 0 Å². The predicted molar refractivity (Wildman–Crippen MR) is 63.6 cm³/mol. The van der Waals surface area contributed by atoms with Crippen LogP contribution in [0.15, 0.2) is 0 Å². The molecular formula is C10H20ClNO2S. The first-order valence-corrected chi connectivity index (χ1v) is 7.64. The number of alkyl halides is 1. The van der Waals surface area contributed by atoms with Gasteiger partial charge < -0.3 is 0 Å². The van der Waals surface area contributed by atoms with Crippen molar-refractivity contribution >= 4 is 21.6 Å². The van der Waals surface area contributed by atoms with Crippen molar-refractivity contribution in [3.8, 4) is 0 Å². The van der Waals surface area contributed by atoms with Gasteiger partial charge >= 0.3 is 0 Å². The maximum atomic E-state index is 11.9. The molecule has 1 atom stereocenters. The van der Waals surface area contributed by atoms with Crippen LogP contribution in [-0.4, -0.2) is 37.4 Å². The van der Waals surface area contributed by atoms with Crippen molar-refractivity contribution < 1.29 is 8.42 Å². The molecule has 1 heterocycles. The topological polar surface area (TPSA) is 37.4 Å². The van der Waals surface area contributed by atoms with E-state index >= 15 is 0 Å². The zero-order valence-electron chi connectivity index (χ0n) is 9.45. The van der Waals surface area contributed by atoms with Gasteiger partial charge in [-0.05, 0) is 24.7 Å². The third kappa shape index (κ3) is 3.93. The standard InChI is InChI=1S/C10H20ClNO2S/c1-9-3-5-12(6-4-9)15(13,14)8-10(2)7-11/h9-10H,3-8H2,1-2H3. The largest absolute Gasteiger partial charge is 0.214 e. The number of hydrogen-bond donors (Lipinski definition) is 0. The molecule has 1 saturated heterocycles. The molecule has 1 unspecified atom stereocenters. The lowest BCUT2D eigenvalue weighted by Crippen LogP contribution is -2.40. The maximum absolute atomic E-state index is 11.9. The van der Waals surface area contributed by atoms with Crippen molar-refractivity contribution in [3.63, 3.8) is 0 Å². The highest BCUT2D eigenvalue weighted by atomic mass is 35.5. The van der Waals surface area contributed by atoms with Crippen LogP contribution in [0.3, 0.4) is 0 Å². The number of sulfonamides is 1. The average molecular weight is 254 g/mol. The van der Waals surface area contributed by atoms with Crippen LogP contribution >= 0.6 is 11.6 Å². The van der Waals surface area contributed by atoms with Gasteiger partial charge in [-0.15, -0.1) is 11.6 Å². The van der Waals surface area contributed by atoms with Crippen LogP contribution in [0, 0.1) is 11.8 Å². The molecule has 0 aromatic heterocycles. The Morgan fingerprint density at radius 2 is 1.93 bits per heavy atom. The third-order valence-electron chi connectivity index (χ3n) is 2.89. The third-order valence-corrected chi connectivity index (χ3v) is 5.56. The molecule has 0 amide bonds. The molecule has 0 aromatic carbocycles. The van der Waals surface area contributed by atoms with E-state index in [9.17, 15) is 8.42 Å². The fourth-order valence-electron chi connectivity index (χ4n) is 1.77. The lowest BCUT2D eigenvalue weighted by molar-refractivity contribution is 0.287. The smallest absolute Gasteiger partial charge is 0.212 e. The van der Waals surface area contributed by atoms with Gasteiger partial charge in [-0.1, -0.05) is 13.8 Å². The van der Waals surface area contributed by atoms with E-state index in [4.69, 9.17) is 11.6 Å². The number of halogens is 1. The Kier molecular flexibility index (Phi) is 4.87. The van der Waals surface area contributed by atoms with Gasteiger partial charge in [0.25, 0.3) is 0 Å². The van der Waals surface area contributed by atoms with E-state index < -0.39 is 10.0 Å². The van der Waals surface area contributed by atoms with Crippen molar-refractivity contribution in [2.24, 2.45) is 11.8 Å². The molecule has 0 spiro atoms. The second kappa shape index (κ2) is 5.51. The van der Waals surface area contributed by atoms with E-state index in [0.717, 1.165) is 12.8 Å². The summed E-state index contributed by atoms with van der Waals surface area (Å²) in [4.78, 5) is 0. The molecule has 0 aromatic rings. The minimum absolute atomic E-state index is 0.0380. The summed E-state index contributed by atoms with van der Waals surface area (Å²) in [7, 11) is -3.07. The lowest BCUT2D eigenvalue weighted by Gasteiger charge is -2.30. The number of hydrogen-bond acceptors (Lipinski definition) is 2. The molecule has 0 aliphatic carbocycles. The monoisotopic (exact) mass is 253 g/mol. The van der Waals surface area contributed by atoms with Crippen molar-refractivity contribution in [3.05, 3.63) is 0 Å². The zero-order valence-corrected chi connectivity index (χ0v) is 11.0. The highest BCUT2D eigenvalue weighted by Crippen LogP contribution is 2.20. The summed E-state index contributed by atoms with van der Waals surface area (Å²) in [5, 5.41) is 0. The first kappa shape index (κ1) is 13.3. The molecule has 1 fully saturated rings. The molecule has 0 saturated carbocycles. The summed E-state index contributed by atoms with van der Waals surface area (Å²) < 4.78 is 25.5. The van der Waals surface area contributed by atoms with Gasteiger partial charge in [0.2, 0.25) is 10.0 Å². The molecule has 3 nitrogen and oxygen atoms in total. The van der Waals surface area contributed by atoms with Gasteiger partial charge in [0.05, 0.1) is 5.75 Å². The van der Waals surface area contributed by atoms with E-state index in [1.165, 1.54) is 0 Å². The number of nitrogens with zero attached hydrogens (tertiary/aromatic N) is 1. The number of piperidine rings is 1. The van der Waals surface area contributed by atoms with E-state index in [1.807, 2.05) is 6.92 Å². The Morgan fingerprint density at radius 3 is 2.40 bits per heavy atom. The second-order valence-corrected chi connectivity index (χ2v) is 6.94. The lowest BCUT2D eigenvalue weighted by atomic mass is 10.0. The molecule has 5 heteroatoms. The van der Waals surface area contributed by atoms with Crippen LogP contribution in [0.5, 0.6) is 0 Å². The molecule has 1 aliphatic heterocycles. The molecule has 15 heavy (non-hydrogen) atoms. The van der Waals surface area contributed by atoms with E-state index in [1.54, 1.807) is 4.31 Å². The Labute approximate surface area is 97.8 Å². The van der Waals surface area contributed by atoms with Crippen LogP contribution in [-0.2, 0) is 10.0 Å². The average Bonchev–Trinajstić information content (AvgIpc) is 2.17. The van der Waals surface area contributed by atoms with Crippen molar-refractivity contribution in [2.45, 2.75) is 26.7 Å². The van der Waals surface area contributed by atoms with Crippen molar-refractivity contribution in [1.82, 2.24) is 4.31 Å². The van der Waals surface area contributed by atoms with Crippen LogP contribution in [0.25, 0.3) is 0 Å². The van der Waals surface area contributed by atoms with Gasteiger partial charge in [-0.3, -0.25) is 0 Å². The molecule has 0 radical (unpaired) electrons. The Balaban J connectivity index is 2.54. The van der Waals surface area contributed by atoms with Gasteiger partial charge in [0.15, 0.2) is 0 Å². The highest BCUT2D eigenvalue weighted by molar-refractivity contribution is 7.89. The molecular weight excluding hydrogens is 234 g/mol. The first-order valence-electron chi connectivity index (χ1n) is 5.49. The van der Waals surface area contributed by atoms with Gasteiger partial charge in [-0.25, -0.2) is 12.7 Å². The zero-order chi connectivity index (χ0) is 11.5. The summed E-state index contributed by atoms with van der Waals surface area (Å²) >= 11 is 5.64. The van der Waals surface area contributed by atoms with E-state index in [-0.39, 0.29) is 11.7 Å². The van der Waals surface area contributed by atoms with Crippen molar-refractivity contribution in [1.29, 1.82) is 0 Å². The molecule has 1 rings (SSSR count). The van der Waals surface area contributed by atoms with E-state index in [2.05, 4.69) is 6.92 Å². The summed E-state index contributed by atoms with van der Waals surface area (Å²) in [5.41, 5.74) is 0. The number of rotatable bonds is 4. The quantitative estimate of drug-likeness (QED) is 0.718. The van der Waals surface area contributed by atoms with Crippen LogP contribution in [0.1, 0.15) is 26.7 Å². The summed E-state index contributed by atoms with van der Waals surface area (Å²) in [5.74, 6) is 1.28. The molecule has 0 bridgehead atoms. The fourth-order valence-corrected chi connectivity index (χ4v) is 3.83. The van der Waals surface area contributed by atoms with Gasteiger partial charge in [0, 0.05) is 19.0 Å². The minimum Gasteiger partial charge on any atom is -0.212 e. The Morgan fingerprint density at radius 1 is 1.40 bits per heavy atom. The Hall–Kier alpha value is 0.200. The molecule has 1 aliphatic rings. The minimum atomic E-state index is -3.07. The maximum Gasteiger partial charge on any atom is 0.214 e. The van der Waals surface area contributed by atoms with Crippen LogP contribution in [0.2, 0.25) is 0 Å². The SMILES string of the molecule is CC1CCN(S(=O)(=O)CC(C)CCl)CC1. The predicted octanol–water partition coefficient (Wildman–Crippen LogP) is 1.92. The van der Waals surface area contributed by atoms with Crippen molar-refractivity contribution in [2.75, 3.05) is 24.7 Å². The summed E-state index contributed by atoms with van der Waals surface area (Å²) in [6.45, 7) is 5.40. The molecule has 0 N–H and O–H groups in total. The summed E-state index contributed by atoms with van der Waals surface area (Å²) in [6.07, 6.45) is 1.96. The van der Waals surface area contributed by atoms with Gasteiger partial charge in [-0.2, -0.15) is 0 Å². The first-order chi connectivity index (χ1) is 6.95. The van der Waals surface area contributed by atoms with Crippen LogP contribution in [0.4, 0.5) is 0 Å². The van der Waals surface area contributed by atoms with Gasteiger partial charge in [0.1, 0.15) is 0 Å². The highest BCUT2D eigenvalue weighted by Gasteiger charge is 2.27. The van der Waals surface area contributed by atoms with E-state index in [0.29, 0.717) is 24.9 Å².